The van der Waals surface area contributed by atoms with Crippen LogP contribution in [-0.2, 0) is 19.1 Å². The minimum Gasteiger partial charge on any atom is -0.378 e. The molecule has 9 nitrogen and oxygen atoms in total. The first-order valence-corrected chi connectivity index (χ1v) is 10.1. The van der Waals surface area contributed by atoms with Gasteiger partial charge >= 0.3 is 11.8 Å². The van der Waals surface area contributed by atoms with Gasteiger partial charge in [0.15, 0.2) is 0 Å². The third-order valence-corrected chi connectivity index (χ3v) is 5.71. The molecular formula is C18H24N4O5S. The lowest BCUT2D eigenvalue weighted by molar-refractivity contribution is -0.155. The van der Waals surface area contributed by atoms with Crippen LogP contribution in [0.25, 0.3) is 0 Å². The van der Waals surface area contributed by atoms with Crippen LogP contribution in [-0.4, -0.2) is 109 Å². The van der Waals surface area contributed by atoms with Crippen LogP contribution in [0.1, 0.15) is 9.67 Å². The number of amides is 4. The van der Waals surface area contributed by atoms with Crippen LogP contribution >= 0.6 is 11.3 Å². The fraction of sp³-hybridized carbons (Fsp3) is 0.556. The topological polar surface area (TPSA) is 90.5 Å². The van der Waals surface area contributed by atoms with Crippen molar-refractivity contribution in [1.82, 2.24) is 19.6 Å². The van der Waals surface area contributed by atoms with Gasteiger partial charge in [0.05, 0.1) is 24.6 Å². The van der Waals surface area contributed by atoms with E-state index >= 15 is 0 Å². The Morgan fingerprint density at radius 2 is 1.54 bits per heavy atom. The maximum Gasteiger partial charge on any atom is 0.312 e. The molecule has 0 unspecified atom stereocenters. The van der Waals surface area contributed by atoms with E-state index in [9.17, 15) is 19.2 Å². The van der Waals surface area contributed by atoms with Gasteiger partial charge in [-0.3, -0.25) is 19.2 Å². The fourth-order valence-corrected chi connectivity index (χ4v) is 3.88. The monoisotopic (exact) mass is 408 g/mol. The molecule has 152 valence electrons. The zero-order valence-corrected chi connectivity index (χ0v) is 16.7. The summed E-state index contributed by atoms with van der Waals surface area (Å²) < 4.78 is 5.20. The molecule has 0 bridgehead atoms. The van der Waals surface area contributed by atoms with E-state index in [4.69, 9.17) is 4.74 Å². The highest BCUT2D eigenvalue weighted by Gasteiger charge is 2.31. The molecule has 3 heterocycles. The SMILES string of the molecule is CN(CC(=O)N1CCN(C(=O)C(=O)N2CCOCC2)CC1)C(=O)c1cccs1. The highest BCUT2D eigenvalue weighted by molar-refractivity contribution is 7.12. The lowest BCUT2D eigenvalue weighted by Gasteiger charge is -2.36. The molecule has 1 aromatic heterocycles. The van der Waals surface area contributed by atoms with Crippen LogP contribution in [0, 0.1) is 0 Å². The number of carbonyl (C=O) groups excluding carboxylic acids is 4. The number of hydrogen-bond donors (Lipinski definition) is 0. The summed E-state index contributed by atoms with van der Waals surface area (Å²) in [4.78, 5) is 56.1. The molecule has 0 radical (unpaired) electrons. The normalized spacial score (nSPS) is 17.4. The molecule has 4 amide bonds. The van der Waals surface area contributed by atoms with Crippen molar-refractivity contribution in [1.29, 1.82) is 0 Å². The van der Waals surface area contributed by atoms with Gasteiger partial charge in [0, 0.05) is 46.3 Å². The summed E-state index contributed by atoms with van der Waals surface area (Å²) in [5.74, 6) is -1.39. The van der Waals surface area contributed by atoms with Crippen LogP contribution in [0.15, 0.2) is 17.5 Å². The first-order chi connectivity index (χ1) is 13.5. The number of hydrogen-bond acceptors (Lipinski definition) is 6. The Morgan fingerprint density at radius 3 is 2.11 bits per heavy atom. The standard InChI is InChI=1S/C18H24N4O5S/c1-19(16(24)14-3-2-12-28-14)13-15(23)20-4-6-21(7-5-20)17(25)18(26)22-8-10-27-11-9-22/h2-3,12H,4-11,13H2,1H3. The number of thiophene rings is 1. The van der Waals surface area contributed by atoms with Crippen molar-refractivity contribution in [3.05, 3.63) is 22.4 Å². The average molecular weight is 408 g/mol. The number of nitrogens with zero attached hydrogens (tertiary/aromatic N) is 4. The Labute approximate surface area is 167 Å². The van der Waals surface area contributed by atoms with Crippen molar-refractivity contribution in [3.8, 4) is 0 Å². The van der Waals surface area contributed by atoms with Gasteiger partial charge in [-0.25, -0.2) is 0 Å². The smallest absolute Gasteiger partial charge is 0.312 e. The number of carbonyl (C=O) groups is 4. The minimum absolute atomic E-state index is 0.0165. The number of likely N-dealkylation sites (N-methyl/N-ethyl adjacent to an activating group) is 1. The van der Waals surface area contributed by atoms with Crippen molar-refractivity contribution in [2.45, 2.75) is 0 Å². The van der Waals surface area contributed by atoms with Crippen molar-refractivity contribution in [2.24, 2.45) is 0 Å². The Hall–Kier alpha value is -2.46. The molecule has 0 atom stereocenters. The van der Waals surface area contributed by atoms with Crippen molar-refractivity contribution in [3.63, 3.8) is 0 Å². The Morgan fingerprint density at radius 1 is 0.964 bits per heavy atom. The van der Waals surface area contributed by atoms with E-state index in [0.29, 0.717) is 57.4 Å². The molecule has 2 saturated heterocycles. The predicted octanol–water partition coefficient (Wildman–Crippen LogP) is -0.650. The predicted molar refractivity (Wildman–Crippen MR) is 102 cm³/mol. The number of rotatable bonds is 3. The maximum absolute atomic E-state index is 12.5. The van der Waals surface area contributed by atoms with E-state index in [1.807, 2.05) is 5.38 Å². The molecule has 0 aliphatic carbocycles. The summed E-state index contributed by atoms with van der Waals surface area (Å²) in [5.41, 5.74) is 0. The Bertz CT molecular complexity index is 724. The number of piperazine rings is 1. The molecule has 10 heteroatoms. The second kappa shape index (κ2) is 9.16. The molecule has 2 aliphatic heterocycles. The second-order valence-corrected chi connectivity index (χ2v) is 7.66. The van der Waals surface area contributed by atoms with E-state index in [1.165, 1.54) is 26.0 Å². The zero-order valence-electron chi connectivity index (χ0n) is 15.8. The van der Waals surface area contributed by atoms with Gasteiger partial charge in [0.1, 0.15) is 0 Å². The summed E-state index contributed by atoms with van der Waals surface area (Å²) in [6, 6.07) is 3.52. The summed E-state index contributed by atoms with van der Waals surface area (Å²) >= 11 is 1.34. The van der Waals surface area contributed by atoms with E-state index in [2.05, 4.69) is 0 Å². The highest BCUT2D eigenvalue weighted by Crippen LogP contribution is 2.12. The second-order valence-electron chi connectivity index (χ2n) is 6.72. The van der Waals surface area contributed by atoms with Crippen LogP contribution in [0.4, 0.5) is 0 Å². The molecule has 28 heavy (non-hydrogen) atoms. The third kappa shape index (κ3) is 4.68. The average Bonchev–Trinajstić information content (AvgIpc) is 3.27. The van der Waals surface area contributed by atoms with Gasteiger partial charge in [-0.05, 0) is 11.4 Å². The molecule has 0 aromatic carbocycles. The molecule has 1 aromatic rings. The van der Waals surface area contributed by atoms with Crippen LogP contribution in [0.2, 0.25) is 0 Å². The Balaban J connectivity index is 1.46. The van der Waals surface area contributed by atoms with Gasteiger partial charge in [-0.15, -0.1) is 11.3 Å². The summed E-state index contributed by atoms with van der Waals surface area (Å²) in [5, 5.41) is 1.82. The van der Waals surface area contributed by atoms with Crippen molar-refractivity contribution >= 4 is 35.0 Å². The molecule has 2 aliphatic rings. The maximum atomic E-state index is 12.5. The van der Waals surface area contributed by atoms with Crippen molar-refractivity contribution < 1.29 is 23.9 Å². The largest absolute Gasteiger partial charge is 0.378 e. The fourth-order valence-electron chi connectivity index (χ4n) is 3.16. The number of morpholine rings is 1. The van der Waals surface area contributed by atoms with Crippen LogP contribution < -0.4 is 0 Å². The third-order valence-electron chi connectivity index (χ3n) is 4.85. The Kier molecular flexibility index (Phi) is 6.63. The minimum atomic E-state index is -0.529. The quantitative estimate of drug-likeness (QED) is 0.620. The van der Waals surface area contributed by atoms with E-state index in [0.717, 1.165) is 0 Å². The number of ether oxygens (including phenoxy) is 1. The summed E-state index contributed by atoms with van der Waals surface area (Å²) in [6.45, 7) is 3.03. The van der Waals surface area contributed by atoms with Gasteiger partial charge in [-0.2, -0.15) is 0 Å². The van der Waals surface area contributed by atoms with E-state index in [-0.39, 0.29) is 18.4 Å². The van der Waals surface area contributed by atoms with Gasteiger partial charge in [0.25, 0.3) is 5.91 Å². The summed E-state index contributed by atoms with van der Waals surface area (Å²) in [7, 11) is 1.60. The first kappa shape index (κ1) is 20.3. The molecular weight excluding hydrogens is 384 g/mol. The molecule has 3 rings (SSSR count). The van der Waals surface area contributed by atoms with E-state index < -0.39 is 11.8 Å². The van der Waals surface area contributed by atoms with Crippen LogP contribution in [0.3, 0.4) is 0 Å². The lowest BCUT2D eigenvalue weighted by Crippen LogP contribution is -2.56. The van der Waals surface area contributed by atoms with Crippen LogP contribution in [0.5, 0.6) is 0 Å². The van der Waals surface area contributed by atoms with Gasteiger partial charge in [0.2, 0.25) is 5.91 Å². The van der Waals surface area contributed by atoms with Gasteiger partial charge in [-0.1, -0.05) is 6.07 Å². The van der Waals surface area contributed by atoms with Gasteiger partial charge < -0.3 is 24.3 Å². The summed E-state index contributed by atoms with van der Waals surface area (Å²) in [6.07, 6.45) is 0. The van der Waals surface area contributed by atoms with Crippen molar-refractivity contribution in [2.75, 3.05) is 66.1 Å². The molecule has 0 saturated carbocycles. The van der Waals surface area contributed by atoms with E-state index in [1.54, 1.807) is 24.1 Å². The zero-order chi connectivity index (χ0) is 20.1. The molecule has 2 fully saturated rings. The lowest BCUT2D eigenvalue weighted by atomic mass is 10.2. The highest BCUT2D eigenvalue weighted by atomic mass is 32.1. The molecule has 0 N–H and O–H groups in total. The first-order valence-electron chi connectivity index (χ1n) is 9.20. The molecule has 0 spiro atoms.